The lowest BCUT2D eigenvalue weighted by molar-refractivity contribution is -0.0251. The highest BCUT2D eigenvalue weighted by Gasteiger charge is 2.46. The molecule has 2 rings (SSSR count). The predicted molar refractivity (Wildman–Crippen MR) is 88.9 cm³/mol. The van der Waals surface area contributed by atoms with E-state index in [1.165, 1.54) is 19.3 Å². The number of likely N-dealkylation sites (N-methyl/N-ethyl adjacent to an activating group) is 1. The molecule has 1 aliphatic rings. The third-order valence-electron chi connectivity index (χ3n) is 5.45. The standard InChI is InChI=1S/C18H31N3/c1-5-21(13-16-8-6-7-11-20-16)18(14-19)10-9-17(3,4)12-15(18)2/h6-8,11,15H,5,9-10,12-14,19H2,1-4H3. The number of rotatable bonds is 5. The zero-order chi connectivity index (χ0) is 15.5. The van der Waals surface area contributed by atoms with Crippen LogP contribution in [0, 0.1) is 11.3 Å². The molecular formula is C18H31N3. The molecule has 1 fully saturated rings. The summed E-state index contributed by atoms with van der Waals surface area (Å²) in [4.78, 5) is 7.06. The van der Waals surface area contributed by atoms with E-state index in [1.807, 2.05) is 12.3 Å². The summed E-state index contributed by atoms with van der Waals surface area (Å²) >= 11 is 0. The van der Waals surface area contributed by atoms with Gasteiger partial charge in [-0.1, -0.05) is 33.8 Å². The van der Waals surface area contributed by atoms with E-state index in [0.29, 0.717) is 11.3 Å². The van der Waals surface area contributed by atoms with Crippen molar-refractivity contribution in [2.24, 2.45) is 17.1 Å². The molecule has 118 valence electrons. The molecule has 0 radical (unpaired) electrons. The van der Waals surface area contributed by atoms with Gasteiger partial charge in [0.15, 0.2) is 0 Å². The Morgan fingerprint density at radius 3 is 2.62 bits per heavy atom. The van der Waals surface area contributed by atoms with Crippen molar-refractivity contribution in [1.82, 2.24) is 9.88 Å². The van der Waals surface area contributed by atoms with Gasteiger partial charge in [0, 0.05) is 24.8 Å². The van der Waals surface area contributed by atoms with E-state index in [4.69, 9.17) is 5.73 Å². The van der Waals surface area contributed by atoms with Crippen molar-refractivity contribution in [2.75, 3.05) is 13.1 Å². The molecule has 0 bridgehead atoms. The summed E-state index contributed by atoms with van der Waals surface area (Å²) in [6, 6.07) is 6.16. The van der Waals surface area contributed by atoms with Gasteiger partial charge < -0.3 is 5.73 Å². The van der Waals surface area contributed by atoms with Crippen LogP contribution in [0.4, 0.5) is 0 Å². The molecule has 3 nitrogen and oxygen atoms in total. The number of nitrogens with two attached hydrogens (primary N) is 1. The molecule has 0 aromatic carbocycles. The minimum Gasteiger partial charge on any atom is -0.329 e. The highest BCUT2D eigenvalue weighted by Crippen LogP contribution is 2.46. The zero-order valence-electron chi connectivity index (χ0n) is 14.1. The van der Waals surface area contributed by atoms with E-state index in [0.717, 1.165) is 25.3 Å². The van der Waals surface area contributed by atoms with Crippen LogP contribution < -0.4 is 5.73 Å². The Balaban J connectivity index is 2.21. The molecule has 1 saturated carbocycles. The second-order valence-corrected chi connectivity index (χ2v) is 7.41. The van der Waals surface area contributed by atoms with E-state index >= 15 is 0 Å². The summed E-state index contributed by atoms with van der Waals surface area (Å²) in [6.45, 7) is 12.1. The Kier molecular flexibility index (Phi) is 5.05. The van der Waals surface area contributed by atoms with Gasteiger partial charge in [0.1, 0.15) is 0 Å². The maximum atomic E-state index is 6.29. The Hall–Kier alpha value is -0.930. The fraction of sp³-hybridized carbons (Fsp3) is 0.722. The second-order valence-electron chi connectivity index (χ2n) is 7.41. The van der Waals surface area contributed by atoms with E-state index in [-0.39, 0.29) is 5.54 Å². The molecule has 0 saturated heterocycles. The second kappa shape index (κ2) is 6.45. The number of hydrogen-bond donors (Lipinski definition) is 1. The molecule has 3 heteroatoms. The summed E-state index contributed by atoms with van der Waals surface area (Å²) < 4.78 is 0. The first kappa shape index (κ1) is 16.4. The molecule has 2 N–H and O–H groups in total. The zero-order valence-corrected chi connectivity index (χ0v) is 14.1. The first-order valence-electron chi connectivity index (χ1n) is 8.28. The smallest absolute Gasteiger partial charge is 0.0544 e. The van der Waals surface area contributed by atoms with Gasteiger partial charge in [0.25, 0.3) is 0 Å². The molecule has 0 aliphatic heterocycles. The van der Waals surface area contributed by atoms with Gasteiger partial charge >= 0.3 is 0 Å². The number of hydrogen-bond acceptors (Lipinski definition) is 3. The van der Waals surface area contributed by atoms with Crippen molar-refractivity contribution in [1.29, 1.82) is 0 Å². The van der Waals surface area contributed by atoms with Gasteiger partial charge in [-0.05, 0) is 49.3 Å². The molecule has 1 aromatic rings. The third kappa shape index (κ3) is 3.46. The lowest BCUT2D eigenvalue weighted by atomic mass is 9.63. The minimum absolute atomic E-state index is 0.127. The maximum Gasteiger partial charge on any atom is 0.0544 e. The summed E-state index contributed by atoms with van der Waals surface area (Å²) in [6.07, 6.45) is 5.58. The van der Waals surface area contributed by atoms with Crippen LogP contribution in [0.2, 0.25) is 0 Å². The Morgan fingerprint density at radius 2 is 2.10 bits per heavy atom. The summed E-state index contributed by atoms with van der Waals surface area (Å²) in [5.41, 5.74) is 8.00. The average molecular weight is 289 g/mol. The van der Waals surface area contributed by atoms with E-state index in [9.17, 15) is 0 Å². The third-order valence-corrected chi connectivity index (χ3v) is 5.45. The van der Waals surface area contributed by atoms with Gasteiger partial charge in [-0.15, -0.1) is 0 Å². The quantitative estimate of drug-likeness (QED) is 0.903. The Labute approximate surface area is 129 Å². The number of pyridine rings is 1. The Morgan fingerprint density at radius 1 is 1.33 bits per heavy atom. The van der Waals surface area contributed by atoms with Crippen molar-refractivity contribution in [3.8, 4) is 0 Å². The molecule has 2 atom stereocenters. The predicted octanol–water partition coefficient (Wildman–Crippen LogP) is 3.45. The molecule has 1 aliphatic carbocycles. The summed E-state index contributed by atoms with van der Waals surface area (Å²) in [5.74, 6) is 0.620. The van der Waals surface area contributed by atoms with Crippen LogP contribution in [0.5, 0.6) is 0 Å². The van der Waals surface area contributed by atoms with Crippen LogP contribution in [0.3, 0.4) is 0 Å². The average Bonchev–Trinajstić information content (AvgIpc) is 2.46. The largest absolute Gasteiger partial charge is 0.329 e. The highest BCUT2D eigenvalue weighted by molar-refractivity contribution is 5.07. The van der Waals surface area contributed by atoms with Gasteiger partial charge in [0.05, 0.1) is 5.69 Å². The van der Waals surface area contributed by atoms with Gasteiger partial charge in [0.2, 0.25) is 0 Å². The van der Waals surface area contributed by atoms with E-state index < -0.39 is 0 Å². The van der Waals surface area contributed by atoms with Crippen molar-refractivity contribution >= 4 is 0 Å². The molecule has 1 heterocycles. The van der Waals surface area contributed by atoms with Crippen LogP contribution in [-0.4, -0.2) is 28.5 Å². The SMILES string of the molecule is CCN(Cc1ccccn1)C1(CN)CCC(C)(C)CC1C. The van der Waals surface area contributed by atoms with Crippen LogP contribution in [0.1, 0.15) is 52.7 Å². The Bertz CT molecular complexity index is 443. The first-order valence-corrected chi connectivity index (χ1v) is 8.28. The first-order chi connectivity index (χ1) is 9.93. The maximum absolute atomic E-state index is 6.29. The van der Waals surface area contributed by atoms with Crippen molar-refractivity contribution in [2.45, 2.75) is 59.0 Å². The van der Waals surface area contributed by atoms with Crippen LogP contribution >= 0.6 is 0 Å². The summed E-state index contributed by atoms with van der Waals surface area (Å²) in [7, 11) is 0. The lowest BCUT2D eigenvalue weighted by Gasteiger charge is -2.53. The molecule has 2 unspecified atom stereocenters. The van der Waals surface area contributed by atoms with Gasteiger partial charge in [-0.25, -0.2) is 0 Å². The van der Waals surface area contributed by atoms with Gasteiger partial charge in [-0.2, -0.15) is 0 Å². The van der Waals surface area contributed by atoms with E-state index in [1.54, 1.807) is 0 Å². The normalized spacial score (nSPS) is 28.8. The molecular weight excluding hydrogens is 258 g/mol. The topological polar surface area (TPSA) is 42.2 Å². The fourth-order valence-corrected chi connectivity index (χ4v) is 4.10. The number of nitrogens with zero attached hydrogens (tertiary/aromatic N) is 2. The molecule has 0 spiro atoms. The monoisotopic (exact) mass is 289 g/mol. The fourth-order valence-electron chi connectivity index (χ4n) is 4.10. The van der Waals surface area contributed by atoms with Crippen molar-refractivity contribution < 1.29 is 0 Å². The lowest BCUT2D eigenvalue weighted by Crippen LogP contribution is -2.60. The number of aromatic nitrogens is 1. The molecule has 0 amide bonds. The van der Waals surface area contributed by atoms with Crippen LogP contribution in [0.25, 0.3) is 0 Å². The summed E-state index contributed by atoms with van der Waals surface area (Å²) in [5, 5.41) is 0. The highest BCUT2D eigenvalue weighted by atomic mass is 15.2. The molecule has 21 heavy (non-hydrogen) atoms. The molecule has 1 aromatic heterocycles. The van der Waals surface area contributed by atoms with Crippen molar-refractivity contribution in [3.05, 3.63) is 30.1 Å². The minimum atomic E-state index is 0.127. The van der Waals surface area contributed by atoms with Gasteiger partial charge in [-0.3, -0.25) is 9.88 Å². The van der Waals surface area contributed by atoms with E-state index in [2.05, 4.69) is 49.7 Å². The van der Waals surface area contributed by atoms with Crippen LogP contribution in [0.15, 0.2) is 24.4 Å². The van der Waals surface area contributed by atoms with Crippen molar-refractivity contribution in [3.63, 3.8) is 0 Å². The van der Waals surface area contributed by atoms with Crippen LogP contribution in [-0.2, 0) is 6.54 Å².